The molecule has 0 amide bonds. The molecule has 5 heteroatoms. The van der Waals surface area contributed by atoms with E-state index in [1.54, 1.807) is 12.5 Å². The zero-order valence-corrected chi connectivity index (χ0v) is 7.86. The van der Waals surface area contributed by atoms with Crippen LogP contribution in [0, 0.1) is 0 Å². The highest BCUT2D eigenvalue weighted by Gasteiger charge is 2.03. The number of rotatable bonds is 4. The molecule has 2 heterocycles. The van der Waals surface area contributed by atoms with Crippen LogP contribution in [0.15, 0.2) is 27.5 Å². The quantitative estimate of drug-likeness (QED) is 0.802. The Morgan fingerprint density at radius 2 is 2.43 bits per heavy atom. The van der Waals surface area contributed by atoms with Gasteiger partial charge in [0.05, 0.1) is 12.5 Å². The van der Waals surface area contributed by atoms with Crippen molar-refractivity contribution in [3.05, 3.63) is 30.0 Å². The lowest BCUT2D eigenvalue weighted by atomic mass is 10.3. The molecule has 1 N–H and O–H groups in total. The molecule has 0 spiro atoms. The van der Waals surface area contributed by atoms with E-state index in [9.17, 15) is 0 Å². The van der Waals surface area contributed by atoms with Gasteiger partial charge in [0.2, 0.25) is 0 Å². The summed E-state index contributed by atoms with van der Waals surface area (Å²) in [7, 11) is 0. The van der Waals surface area contributed by atoms with Gasteiger partial charge in [-0.15, -0.1) is 0 Å². The molecule has 0 unspecified atom stereocenters. The van der Waals surface area contributed by atoms with Crippen molar-refractivity contribution in [2.75, 3.05) is 5.32 Å². The Morgan fingerprint density at radius 3 is 3.07 bits per heavy atom. The van der Waals surface area contributed by atoms with Gasteiger partial charge in [0.1, 0.15) is 0 Å². The molecule has 0 aliphatic rings. The molecular formula is C9H11N3O2. The molecule has 0 atom stereocenters. The zero-order valence-electron chi connectivity index (χ0n) is 7.86. The van der Waals surface area contributed by atoms with E-state index in [1.807, 2.05) is 13.0 Å². The molecule has 2 rings (SSSR count). The summed E-state index contributed by atoms with van der Waals surface area (Å²) in [5, 5.41) is 6.76. The van der Waals surface area contributed by atoms with Crippen molar-refractivity contribution in [2.24, 2.45) is 0 Å². The van der Waals surface area contributed by atoms with Crippen molar-refractivity contribution in [3.63, 3.8) is 0 Å². The summed E-state index contributed by atoms with van der Waals surface area (Å²) < 4.78 is 9.87. The first kappa shape index (κ1) is 8.80. The lowest BCUT2D eigenvalue weighted by molar-refractivity contribution is 0.423. The first-order chi connectivity index (χ1) is 6.88. The molecule has 0 bridgehead atoms. The fraction of sp³-hybridized carbons (Fsp3) is 0.333. The van der Waals surface area contributed by atoms with Crippen molar-refractivity contribution in [2.45, 2.75) is 19.9 Å². The molecule has 0 radical (unpaired) electrons. The van der Waals surface area contributed by atoms with Gasteiger partial charge in [-0.2, -0.15) is 4.98 Å². The second-order valence-electron chi connectivity index (χ2n) is 2.85. The van der Waals surface area contributed by atoms with Gasteiger partial charge >= 0.3 is 6.01 Å². The molecule has 2 aromatic rings. The number of aryl methyl sites for hydroxylation is 1. The maximum absolute atomic E-state index is 4.95. The fourth-order valence-corrected chi connectivity index (χ4v) is 1.04. The number of nitrogens with zero attached hydrogens (tertiary/aromatic N) is 2. The first-order valence-electron chi connectivity index (χ1n) is 4.46. The summed E-state index contributed by atoms with van der Waals surface area (Å²) in [5.74, 6) is 0.708. The van der Waals surface area contributed by atoms with Crippen LogP contribution in [0.25, 0.3) is 0 Å². The van der Waals surface area contributed by atoms with Crippen LogP contribution in [0.5, 0.6) is 0 Å². The molecule has 74 valence electrons. The van der Waals surface area contributed by atoms with Crippen LogP contribution in [-0.2, 0) is 13.0 Å². The van der Waals surface area contributed by atoms with Crippen LogP contribution in [0.1, 0.15) is 18.3 Å². The number of aromatic nitrogens is 2. The molecule has 0 saturated carbocycles. The molecule has 0 fully saturated rings. The summed E-state index contributed by atoms with van der Waals surface area (Å²) in [5.41, 5.74) is 1.04. The van der Waals surface area contributed by atoms with Gasteiger partial charge in [-0.25, -0.2) is 0 Å². The van der Waals surface area contributed by atoms with Gasteiger partial charge in [-0.05, 0) is 6.07 Å². The van der Waals surface area contributed by atoms with E-state index in [0.717, 1.165) is 12.0 Å². The van der Waals surface area contributed by atoms with Crippen LogP contribution in [-0.4, -0.2) is 10.1 Å². The third kappa shape index (κ3) is 1.93. The van der Waals surface area contributed by atoms with Crippen molar-refractivity contribution in [3.8, 4) is 0 Å². The van der Waals surface area contributed by atoms with E-state index < -0.39 is 0 Å². The topological polar surface area (TPSA) is 64.1 Å². The van der Waals surface area contributed by atoms with Crippen LogP contribution >= 0.6 is 0 Å². The normalized spacial score (nSPS) is 10.4. The van der Waals surface area contributed by atoms with Crippen molar-refractivity contribution in [1.82, 2.24) is 10.1 Å². The zero-order chi connectivity index (χ0) is 9.80. The third-order valence-corrected chi connectivity index (χ3v) is 1.81. The number of hydrogen-bond acceptors (Lipinski definition) is 5. The number of nitrogens with one attached hydrogen (secondary N) is 1. The second-order valence-corrected chi connectivity index (χ2v) is 2.85. The van der Waals surface area contributed by atoms with Crippen molar-refractivity contribution in [1.29, 1.82) is 0 Å². The molecule has 0 saturated heterocycles. The number of anilines is 1. The van der Waals surface area contributed by atoms with Crippen LogP contribution in [0.3, 0.4) is 0 Å². The highest BCUT2D eigenvalue weighted by molar-refractivity contribution is 5.21. The Balaban J connectivity index is 1.92. The summed E-state index contributed by atoms with van der Waals surface area (Å²) in [6.45, 7) is 2.60. The Bertz CT molecular complexity index is 380. The van der Waals surface area contributed by atoms with E-state index in [2.05, 4.69) is 15.5 Å². The Labute approximate surface area is 81.1 Å². The SMILES string of the molecule is CCc1noc(NCc2ccoc2)n1. The smallest absolute Gasteiger partial charge is 0.321 e. The minimum absolute atomic E-state index is 0.447. The molecule has 0 aliphatic heterocycles. The van der Waals surface area contributed by atoms with Gasteiger partial charge < -0.3 is 14.3 Å². The predicted molar refractivity (Wildman–Crippen MR) is 49.7 cm³/mol. The highest BCUT2D eigenvalue weighted by Crippen LogP contribution is 2.07. The standard InChI is InChI=1S/C9H11N3O2/c1-2-8-11-9(14-12-8)10-5-7-3-4-13-6-7/h3-4,6H,2,5H2,1H3,(H,10,11,12). The van der Waals surface area contributed by atoms with Gasteiger partial charge in [-0.1, -0.05) is 12.1 Å². The maximum Gasteiger partial charge on any atom is 0.321 e. The van der Waals surface area contributed by atoms with E-state index in [0.29, 0.717) is 18.4 Å². The van der Waals surface area contributed by atoms with Crippen LogP contribution < -0.4 is 5.32 Å². The van der Waals surface area contributed by atoms with Gasteiger partial charge in [0.15, 0.2) is 5.82 Å². The van der Waals surface area contributed by atoms with Crippen LogP contribution in [0.4, 0.5) is 6.01 Å². The lowest BCUT2D eigenvalue weighted by Gasteiger charge is -1.95. The highest BCUT2D eigenvalue weighted by atomic mass is 16.5. The molecule has 0 aliphatic carbocycles. The Kier molecular flexibility index (Phi) is 2.48. The largest absolute Gasteiger partial charge is 0.472 e. The van der Waals surface area contributed by atoms with E-state index in [-0.39, 0.29) is 0 Å². The summed E-state index contributed by atoms with van der Waals surface area (Å²) in [6.07, 6.45) is 4.07. The number of furan rings is 1. The average Bonchev–Trinajstić information content (AvgIpc) is 2.86. The van der Waals surface area contributed by atoms with Gasteiger partial charge in [0, 0.05) is 18.5 Å². The maximum atomic E-state index is 4.95. The first-order valence-corrected chi connectivity index (χ1v) is 4.46. The third-order valence-electron chi connectivity index (χ3n) is 1.81. The van der Waals surface area contributed by atoms with Crippen LogP contribution in [0.2, 0.25) is 0 Å². The Hall–Kier alpha value is -1.78. The summed E-state index contributed by atoms with van der Waals surface area (Å²) in [4.78, 5) is 4.11. The van der Waals surface area contributed by atoms with E-state index in [1.165, 1.54) is 0 Å². The van der Waals surface area contributed by atoms with Crippen molar-refractivity contribution < 1.29 is 8.94 Å². The van der Waals surface area contributed by atoms with E-state index in [4.69, 9.17) is 8.94 Å². The average molecular weight is 193 g/mol. The minimum Gasteiger partial charge on any atom is -0.472 e. The number of hydrogen-bond donors (Lipinski definition) is 1. The Morgan fingerprint density at radius 1 is 1.50 bits per heavy atom. The summed E-state index contributed by atoms with van der Waals surface area (Å²) in [6, 6.07) is 2.33. The summed E-state index contributed by atoms with van der Waals surface area (Å²) >= 11 is 0. The molecule has 2 aromatic heterocycles. The second kappa shape index (κ2) is 3.95. The van der Waals surface area contributed by atoms with Crippen molar-refractivity contribution >= 4 is 6.01 Å². The van der Waals surface area contributed by atoms with Gasteiger partial charge in [0.25, 0.3) is 0 Å². The van der Waals surface area contributed by atoms with E-state index >= 15 is 0 Å². The monoisotopic (exact) mass is 193 g/mol. The molecule has 5 nitrogen and oxygen atoms in total. The molecule has 14 heavy (non-hydrogen) atoms. The minimum atomic E-state index is 0.447. The lowest BCUT2D eigenvalue weighted by Crippen LogP contribution is -1.98. The molecule has 0 aromatic carbocycles. The fourth-order valence-electron chi connectivity index (χ4n) is 1.04. The molecular weight excluding hydrogens is 182 g/mol. The predicted octanol–water partition coefficient (Wildman–Crippen LogP) is 1.84. The van der Waals surface area contributed by atoms with Gasteiger partial charge in [-0.3, -0.25) is 0 Å².